The molecule has 0 spiro atoms. The lowest BCUT2D eigenvalue weighted by Crippen LogP contribution is -2.03. The fourth-order valence-corrected chi connectivity index (χ4v) is 1.98. The molecule has 1 N–H and O–H groups in total. The van der Waals surface area contributed by atoms with E-state index in [2.05, 4.69) is 28.3 Å². The summed E-state index contributed by atoms with van der Waals surface area (Å²) in [6.07, 6.45) is 9.61. The molecular formula is C12H10N2. The number of fused-ring (bicyclic) bond motifs is 1. The lowest BCUT2D eigenvalue weighted by molar-refractivity contribution is 0.934. The normalized spacial score (nSPS) is 17.9. The molecule has 1 aromatic heterocycles. The van der Waals surface area contributed by atoms with Crippen LogP contribution in [0.1, 0.15) is 18.4 Å². The molecule has 0 amide bonds. The molecule has 3 rings (SSSR count). The first-order chi connectivity index (χ1) is 6.86. The van der Waals surface area contributed by atoms with Crippen LogP contribution in [-0.2, 0) is 5.41 Å². The van der Waals surface area contributed by atoms with Crippen LogP contribution in [0.5, 0.6) is 0 Å². The maximum absolute atomic E-state index is 5.58. The second-order valence-corrected chi connectivity index (χ2v) is 3.87. The van der Waals surface area contributed by atoms with Gasteiger partial charge in [-0.2, -0.15) is 5.10 Å². The van der Waals surface area contributed by atoms with Crippen molar-refractivity contribution in [1.29, 1.82) is 0 Å². The zero-order valence-corrected chi connectivity index (χ0v) is 7.75. The molecule has 2 aromatic rings. The first kappa shape index (κ1) is 7.64. The highest BCUT2D eigenvalue weighted by atomic mass is 15.1. The summed E-state index contributed by atoms with van der Waals surface area (Å²) in [6.45, 7) is 0. The molecule has 0 aliphatic heterocycles. The summed E-state index contributed by atoms with van der Waals surface area (Å²) in [5.74, 6) is 2.90. The third-order valence-corrected chi connectivity index (χ3v) is 3.02. The van der Waals surface area contributed by atoms with E-state index in [1.807, 2.05) is 12.3 Å². The molecule has 2 nitrogen and oxygen atoms in total. The Morgan fingerprint density at radius 3 is 3.00 bits per heavy atom. The van der Waals surface area contributed by atoms with Crippen LogP contribution in [0.3, 0.4) is 0 Å². The number of para-hydroxylation sites is 1. The van der Waals surface area contributed by atoms with Gasteiger partial charge in [0.15, 0.2) is 0 Å². The Labute approximate surface area is 82.3 Å². The number of aromatic nitrogens is 2. The van der Waals surface area contributed by atoms with Crippen LogP contribution in [0.4, 0.5) is 0 Å². The van der Waals surface area contributed by atoms with Gasteiger partial charge < -0.3 is 0 Å². The van der Waals surface area contributed by atoms with E-state index < -0.39 is 0 Å². The first-order valence-corrected chi connectivity index (χ1v) is 4.76. The zero-order valence-electron chi connectivity index (χ0n) is 7.75. The highest BCUT2D eigenvalue weighted by Crippen LogP contribution is 2.49. The molecule has 1 aliphatic rings. The topological polar surface area (TPSA) is 28.7 Å². The van der Waals surface area contributed by atoms with Crippen molar-refractivity contribution in [1.82, 2.24) is 10.2 Å². The largest absolute Gasteiger partial charge is 0.277 e. The molecular weight excluding hydrogens is 172 g/mol. The number of terminal acetylenes is 1. The van der Waals surface area contributed by atoms with Crippen molar-refractivity contribution in [3.8, 4) is 12.3 Å². The quantitative estimate of drug-likeness (QED) is 0.673. The van der Waals surface area contributed by atoms with E-state index in [0.29, 0.717) is 0 Å². The minimum absolute atomic E-state index is 0.00789. The van der Waals surface area contributed by atoms with Gasteiger partial charge >= 0.3 is 0 Å². The molecule has 14 heavy (non-hydrogen) atoms. The van der Waals surface area contributed by atoms with Crippen molar-refractivity contribution in [2.75, 3.05) is 0 Å². The van der Waals surface area contributed by atoms with Gasteiger partial charge in [-0.25, -0.2) is 0 Å². The zero-order chi connectivity index (χ0) is 9.60. The monoisotopic (exact) mass is 182 g/mol. The van der Waals surface area contributed by atoms with Gasteiger partial charge in [0.25, 0.3) is 0 Å². The van der Waals surface area contributed by atoms with E-state index in [-0.39, 0.29) is 5.41 Å². The van der Waals surface area contributed by atoms with E-state index >= 15 is 0 Å². The predicted octanol–water partition coefficient (Wildman–Crippen LogP) is 2.23. The Morgan fingerprint density at radius 2 is 2.29 bits per heavy atom. The van der Waals surface area contributed by atoms with Crippen LogP contribution in [0.25, 0.3) is 10.9 Å². The molecule has 1 fully saturated rings. The van der Waals surface area contributed by atoms with E-state index in [1.54, 1.807) is 0 Å². The molecule has 0 radical (unpaired) electrons. The number of rotatable bonds is 1. The van der Waals surface area contributed by atoms with Gasteiger partial charge in [-0.15, -0.1) is 6.42 Å². The van der Waals surface area contributed by atoms with E-state index in [9.17, 15) is 0 Å². The Kier molecular flexibility index (Phi) is 1.30. The number of hydrogen-bond acceptors (Lipinski definition) is 1. The molecule has 0 bridgehead atoms. The average molecular weight is 182 g/mol. The van der Waals surface area contributed by atoms with Crippen molar-refractivity contribution in [2.45, 2.75) is 18.3 Å². The molecule has 0 saturated heterocycles. The van der Waals surface area contributed by atoms with Gasteiger partial charge in [0, 0.05) is 5.39 Å². The van der Waals surface area contributed by atoms with Crippen LogP contribution in [0.2, 0.25) is 0 Å². The molecule has 2 heteroatoms. The summed E-state index contributed by atoms with van der Waals surface area (Å²) < 4.78 is 0. The summed E-state index contributed by atoms with van der Waals surface area (Å²) in [6, 6.07) is 6.20. The minimum atomic E-state index is -0.00789. The molecule has 1 saturated carbocycles. The Bertz CT molecular complexity index is 526. The first-order valence-electron chi connectivity index (χ1n) is 4.76. The Morgan fingerprint density at radius 1 is 1.43 bits per heavy atom. The maximum Gasteiger partial charge on any atom is 0.0697 e. The number of nitrogens with zero attached hydrogens (tertiary/aromatic N) is 1. The van der Waals surface area contributed by atoms with Crippen molar-refractivity contribution < 1.29 is 0 Å². The van der Waals surface area contributed by atoms with Gasteiger partial charge in [-0.1, -0.05) is 24.1 Å². The van der Waals surface area contributed by atoms with Crippen molar-refractivity contribution in [2.24, 2.45) is 0 Å². The molecule has 0 atom stereocenters. The fourth-order valence-electron chi connectivity index (χ4n) is 1.98. The summed E-state index contributed by atoms with van der Waals surface area (Å²) in [7, 11) is 0. The number of nitrogens with one attached hydrogen (secondary N) is 1. The van der Waals surface area contributed by atoms with Crippen LogP contribution >= 0.6 is 0 Å². The lowest BCUT2D eigenvalue weighted by atomic mass is 9.95. The Balaban J connectivity index is 2.32. The summed E-state index contributed by atoms with van der Waals surface area (Å²) in [4.78, 5) is 0. The molecule has 1 heterocycles. The van der Waals surface area contributed by atoms with Crippen molar-refractivity contribution in [3.63, 3.8) is 0 Å². The van der Waals surface area contributed by atoms with Crippen molar-refractivity contribution in [3.05, 3.63) is 30.0 Å². The van der Waals surface area contributed by atoms with Gasteiger partial charge in [-0.05, 0) is 18.4 Å². The SMILES string of the molecule is C#CC1(c2cccc3cn[nH]c23)CC1. The minimum Gasteiger partial charge on any atom is -0.277 e. The number of benzene rings is 1. The third-order valence-electron chi connectivity index (χ3n) is 3.02. The number of H-pyrrole nitrogens is 1. The van der Waals surface area contributed by atoms with Gasteiger partial charge in [0.2, 0.25) is 0 Å². The van der Waals surface area contributed by atoms with E-state index in [1.165, 1.54) is 5.56 Å². The van der Waals surface area contributed by atoms with E-state index in [4.69, 9.17) is 6.42 Å². The molecule has 1 aromatic carbocycles. The van der Waals surface area contributed by atoms with E-state index in [0.717, 1.165) is 23.7 Å². The fraction of sp³-hybridized carbons (Fsp3) is 0.250. The molecule has 68 valence electrons. The standard InChI is InChI=1S/C12H10N2/c1-2-12(6-7-12)10-5-3-4-9-8-13-14-11(9)10/h1,3-5,8H,6-7H2,(H,13,14). The van der Waals surface area contributed by atoms with Gasteiger partial charge in [0.05, 0.1) is 17.1 Å². The van der Waals surface area contributed by atoms with Crippen molar-refractivity contribution >= 4 is 10.9 Å². The summed E-state index contributed by atoms with van der Waals surface area (Å²) >= 11 is 0. The summed E-state index contributed by atoms with van der Waals surface area (Å²) in [5.41, 5.74) is 2.32. The lowest BCUT2D eigenvalue weighted by Gasteiger charge is -2.08. The van der Waals surface area contributed by atoms with Gasteiger partial charge in [-0.3, -0.25) is 5.10 Å². The predicted molar refractivity (Wildman–Crippen MR) is 55.8 cm³/mol. The molecule has 1 aliphatic carbocycles. The molecule has 0 unspecified atom stereocenters. The number of aromatic amines is 1. The van der Waals surface area contributed by atoms with Crippen LogP contribution in [-0.4, -0.2) is 10.2 Å². The number of hydrogen-bond donors (Lipinski definition) is 1. The maximum atomic E-state index is 5.58. The van der Waals surface area contributed by atoms with Gasteiger partial charge in [0.1, 0.15) is 0 Å². The van der Waals surface area contributed by atoms with Crippen LogP contribution in [0, 0.1) is 12.3 Å². The average Bonchev–Trinajstić information content (AvgIpc) is 2.87. The summed E-state index contributed by atoms with van der Waals surface area (Å²) in [5, 5.41) is 8.21. The smallest absolute Gasteiger partial charge is 0.0697 e. The van der Waals surface area contributed by atoms with Crippen LogP contribution in [0.15, 0.2) is 24.4 Å². The third kappa shape index (κ3) is 0.843. The second-order valence-electron chi connectivity index (χ2n) is 3.87. The Hall–Kier alpha value is -1.75. The second kappa shape index (κ2) is 2.39. The highest BCUT2D eigenvalue weighted by molar-refractivity contribution is 5.83. The highest BCUT2D eigenvalue weighted by Gasteiger charge is 2.43. The van der Waals surface area contributed by atoms with Crippen LogP contribution < -0.4 is 0 Å².